The highest BCUT2D eigenvalue weighted by Crippen LogP contribution is 2.35. The summed E-state index contributed by atoms with van der Waals surface area (Å²) < 4.78 is 7.54. The number of halogens is 2. The number of hydrogen-bond donors (Lipinski definition) is 0. The Morgan fingerprint density at radius 2 is 1.88 bits per heavy atom. The first kappa shape index (κ1) is 16.4. The smallest absolute Gasteiger partial charge is 0.247 e. The predicted octanol–water partition coefficient (Wildman–Crippen LogP) is 4.94. The van der Waals surface area contributed by atoms with Crippen molar-refractivity contribution < 1.29 is 4.42 Å². The van der Waals surface area contributed by atoms with E-state index in [1.165, 1.54) is 11.8 Å². The Balaban J connectivity index is 1.61. The minimum atomic E-state index is -0.116. The lowest BCUT2D eigenvalue weighted by molar-refractivity contribution is 0.509. The number of aromatic nitrogens is 5. The summed E-state index contributed by atoms with van der Waals surface area (Å²) in [5, 5.41) is 18.0. The molecule has 0 bridgehead atoms. The van der Waals surface area contributed by atoms with Crippen molar-refractivity contribution in [2.45, 2.75) is 17.3 Å². The number of rotatable bonds is 4. The summed E-state index contributed by atoms with van der Waals surface area (Å²) in [6.45, 7) is 1.96. The molecular formula is C16H11Cl2N5OS. The molecule has 0 saturated carbocycles. The molecule has 0 aliphatic heterocycles. The molecular weight excluding hydrogens is 381 g/mol. The van der Waals surface area contributed by atoms with E-state index in [0.29, 0.717) is 32.6 Å². The van der Waals surface area contributed by atoms with Crippen LogP contribution in [0.1, 0.15) is 18.1 Å². The molecule has 3 heterocycles. The molecule has 0 aliphatic carbocycles. The van der Waals surface area contributed by atoms with Gasteiger partial charge in [0.1, 0.15) is 0 Å². The first-order valence-electron chi connectivity index (χ1n) is 7.37. The molecule has 1 aromatic carbocycles. The summed E-state index contributed by atoms with van der Waals surface area (Å²) in [5.74, 6) is 0.994. The van der Waals surface area contributed by atoms with Gasteiger partial charge >= 0.3 is 0 Å². The maximum atomic E-state index is 6.14. The second kappa shape index (κ2) is 6.67. The van der Waals surface area contributed by atoms with Gasteiger partial charge in [0.2, 0.25) is 11.8 Å². The second-order valence-corrected chi connectivity index (χ2v) is 7.41. The fourth-order valence-electron chi connectivity index (χ4n) is 2.29. The van der Waals surface area contributed by atoms with Gasteiger partial charge in [-0.3, -0.25) is 4.40 Å². The number of thioether (sulfide) groups is 1. The van der Waals surface area contributed by atoms with Gasteiger partial charge in [0, 0.05) is 11.8 Å². The average Bonchev–Trinajstić information content (AvgIpc) is 3.24. The van der Waals surface area contributed by atoms with Crippen molar-refractivity contribution in [3.63, 3.8) is 0 Å². The maximum Gasteiger partial charge on any atom is 0.247 e. The van der Waals surface area contributed by atoms with Crippen LogP contribution in [0.3, 0.4) is 0 Å². The van der Waals surface area contributed by atoms with Crippen molar-refractivity contribution in [2.75, 3.05) is 0 Å². The van der Waals surface area contributed by atoms with Crippen molar-refractivity contribution in [1.29, 1.82) is 0 Å². The molecule has 3 aromatic heterocycles. The first-order chi connectivity index (χ1) is 12.1. The van der Waals surface area contributed by atoms with Gasteiger partial charge in [0.05, 0.1) is 15.3 Å². The molecule has 0 N–H and O–H groups in total. The van der Waals surface area contributed by atoms with Crippen LogP contribution in [-0.4, -0.2) is 24.8 Å². The first-order valence-corrected chi connectivity index (χ1v) is 9.00. The van der Waals surface area contributed by atoms with Gasteiger partial charge in [-0.15, -0.1) is 20.4 Å². The van der Waals surface area contributed by atoms with Crippen molar-refractivity contribution in [2.24, 2.45) is 0 Å². The molecule has 0 saturated heterocycles. The molecule has 6 nitrogen and oxygen atoms in total. The molecule has 9 heteroatoms. The van der Waals surface area contributed by atoms with Crippen LogP contribution in [0.25, 0.3) is 17.1 Å². The molecule has 0 unspecified atom stereocenters. The van der Waals surface area contributed by atoms with Gasteiger partial charge in [0.15, 0.2) is 10.8 Å². The van der Waals surface area contributed by atoms with E-state index in [9.17, 15) is 0 Å². The molecule has 4 aromatic rings. The highest BCUT2D eigenvalue weighted by Gasteiger charge is 2.20. The fraction of sp³-hybridized carbons (Fsp3) is 0.125. The number of fused-ring (bicyclic) bond motifs is 1. The normalized spacial score (nSPS) is 12.6. The van der Waals surface area contributed by atoms with Crippen LogP contribution in [0, 0.1) is 0 Å². The zero-order chi connectivity index (χ0) is 17.4. The van der Waals surface area contributed by atoms with E-state index in [-0.39, 0.29) is 5.25 Å². The quantitative estimate of drug-likeness (QED) is 0.458. The minimum absolute atomic E-state index is 0.116. The molecule has 0 aliphatic rings. The summed E-state index contributed by atoms with van der Waals surface area (Å²) in [6, 6.07) is 11.3. The lowest BCUT2D eigenvalue weighted by Crippen LogP contribution is -1.93. The third-order valence-electron chi connectivity index (χ3n) is 3.49. The summed E-state index contributed by atoms with van der Waals surface area (Å²) in [6.07, 6.45) is 1.72. The minimum Gasteiger partial charge on any atom is -0.419 e. The van der Waals surface area contributed by atoms with E-state index in [2.05, 4.69) is 20.4 Å². The van der Waals surface area contributed by atoms with Crippen molar-refractivity contribution in [1.82, 2.24) is 24.8 Å². The molecule has 4 rings (SSSR count). The number of pyridine rings is 1. The van der Waals surface area contributed by atoms with Crippen LogP contribution in [0.4, 0.5) is 0 Å². The standard InChI is InChI=1S/C16H11Cl2N5OS/c1-9(14-20-21-15(24-14)10-5-3-2-4-6-10)25-16-22-19-13-12(18)7-11(17)8-23(13)16/h2-9H,1H3/t9-/m1/s1. The van der Waals surface area contributed by atoms with Crippen molar-refractivity contribution >= 4 is 40.6 Å². The average molecular weight is 392 g/mol. The van der Waals surface area contributed by atoms with Gasteiger partial charge in [-0.05, 0) is 25.1 Å². The van der Waals surface area contributed by atoms with Crippen molar-refractivity contribution in [3.8, 4) is 11.5 Å². The Morgan fingerprint density at radius 3 is 2.68 bits per heavy atom. The number of nitrogens with zero attached hydrogens (tertiary/aromatic N) is 5. The zero-order valence-corrected chi connectivity index (χ0v) is 15.3. The van der Waals surface area contributed by atoms with Crippen LogP contribution >= 0.6 is 35.0 Å². The summed E-state index contributed by atoms with van der Waals surface area (Å²) in [5.41, 5.74) is 1.43. The number of hydrogen-bond acceptors (Lipinski definition) is 6. The van der Waals surface area contributed by atoms with E-state index >= 15 is 0 Å². The Labute approximate surface area is 157 Å². The SMILES string of the molecule is C[C@@H](Sc1nnc2c(Cl)cc(Cl)cn12)c1nnc(-c2ccccc2)o1. The Bertz CT molecular complexity index is 1030. The van der Waals surface area contributed by atoms with E-state index in [1.54, 1.807) is 16.7 Å². The van der Waals surface area contributed by atoms with Gasteiger partial charge < -0.3 is 4.42 Å². The van der Waals surface area contributed by atoms with Gasteiger partial charge in [0.25, 0.3) is 0 Å². The fourth-order valence-corrected chi connectivity index (χ4v) is 3.65. The van der Waals surface area contributed by atoms with E-state index in [1.807, 2.05) is 37.3 Å². The molecule has 0 radical (unpaired) electrons. The molecule has 126 valence electrons. The summed E-state index contributed by atoms with van der Waals surface area (Å²) in [4.78, 5) is 0. The second-order valence-electron chi connectivity index (χ2n) is 5.25. The van der Waals surface area contributed by atoms with Crippen LogP contribution in [0.15, 0.2) is 52.2 Å². The third kappa shape index (κ3) is 3.22. The highest BCUT2D eigenvalue weighted by atomic mass is 35.5. The summed E-state index contributed by atoms with van der Waals surface area (Å²) in [7, 11) is 0. The molecule has 0 spiro atoms. The van der Waals surface area contributed by atoms with Crippen LogP contribution in [0.2, 0.25) is 10.0 Å². The molecule has 1 atom stereocenters. The summed E-state index contributed by atoms with van der Waals surface area (Å²) >= 11 is 13.6. The van der Waals surface area contributed by atoms with Crippen LogP contribution in [-0.2, 0) is 0 Å². The monoisotopic (exact) mass is 391 g/mol. The van der Waals surface area contributed by atoms with Crippen LogP contribution < -0.4 is 0 Å². The Hall–Kier alpha value is -2.09. The lowest BCUT2D eigenvalue weighted by atomic mass is 10.2. The lowest BCUT2D eigenvalue weighted by Gasteiger charge is -2.05. The van der Waals surface area contributed by atoms with E-state index in [0.717, 1.165) is 5.56 Å². The maximum absolute atomic E-state index is 6.14. The zero-order valence-electron chi connectivity index (χ0n) is 12.9. The molecule has 25 heavy (non-hydrogen) atoms. The van der Waals surface area contributed by atoms with Gasteiger partial charge in [-0.25, -0.2) is 0 Å². The number of benzene rings is 1. The Morgan fingerprint density at radius 1 is 1.08 bits per heavy atom. The van der Waals surface area contributed by atoms with Crippen LogP contribution in [0.5, 0.6) is 0 Å². The van der Waals surface area contributed by atoms with Crippen molar-refractivity contribution in [3.05, 3.63) is 58.5 Å². The topological polar surface area (TPSA) is 69.1 Å². The molecule has 0 amide bonds. The highest BCUT2D eigenvalue weighted by molar-refractivity contribution is 7.99. The third-order valence-corrected chi connectivity index (χ3v) is 5.02. The Kier molecular flexibility index (Phi) is 4.37. The van der Waals surface area contributed by atoms with E-state index in [4.69, 9.17) is 27.6 Å². The van der Waals surface area contributed by atoms with Gasteiger partial charge in [-0.2, -0.15) is 0 Å². The molecule has 0 fully saturated rings. The van der Waals surface area contributed by atoms with Gasteiger partial charge in [-0.1, -0.05) is 53.2 Å². The largest absolute Gasteiger partial charge is 0.419 e. The van der Waals surface area contributed by atoms with E-state index < -0.39 is 0 Å². The predicted molar refractivity (Wildman–Crippen MR) is 97.0 cm³/mol.